The highest BCUT2D eigenvalue weighted by Crippen LogP contribution is 2.38. The van der Waals surface area contributed by atoms with Crippen LogP contribution in [0.1, 0.15) is 47.9 Å². The number of ketones is 1. The number of fused-ring (bicyclic) bond motifs is 1. The van der Waals surface area contributed by atoms with Crippen LogP contribution < -0.4 is 0 Å². The number of carbonyl (C=O) groups excluding carboxylic acids is 1. The minimum absolute atomic E-state index is 0.0309. The van der Waals surface area contributed by atoms with E-state index in [1.807, 2.05) is 13.0 Å². The molecule has 0 unspecified atom stereocenters. The number of carbonyl (C=O) groups is 2. The van der Waals surface area contributed by atoms with Crippen LogP contribution in [0, 0.1) is 6.92 Å². The van der Waals surface area contributed by atoms with Crippen molar-refractivity contribution in [1.29, 1.82) is 0 Å². The van der Waals surface area contributed by atoms with Crippen LogP contribution in [0.2, 0.25) is 0 Å². The van der Waals surface area contributed by atoms with Crippen molar-refractivity contribution >= 4 is 22.8 Å². The molecule has 0 aliphatic heterocycles. The molecule has 20 heavy (non-hydrogen) atoms. The van der Waals surface area contributed by atoms with E-state index in [2.05, 4.69) is 9.55 Å². The summed E-state index contributed by atoms with van der Waals surface area (Å²) in [4.78, 5) is 26.9. The number of benzene rings is 1. The van der Waals surface area contributed by atoms with Crippen LogP contribution in [0.4, 0.5) is 0 Å². The minimum Gasteiger partial charge on any atom is -0.481 e. The summed E-state index contributed by atoms with van der Waals surface area (Å²) >= 11 is 0. The van der Waals surface area contributed by atoms with E-state index in [-0.39, 0.29) is 18.6 Å². The largest absolute Gasteiger partial charge is 0.481 e. The fourth-order valence-corrected chi connectivity index (χ4v) is 2.55. The first kappa shape index (κ1) is 12.8. The fourth-order valence-electron chi connectivity index (χ4n) is 2.55. The third-order valence-electron chi connectivity index (χ3n) is 3.67. The van der Waals surface area contributed by atoms with Crippen molar-refractivity contribution in [3.8, 4) is 0 Å². The molecule has 1 N–H and O–H groups in total. The molecular weight excluding hydrogens is 256 g/mol. The quantitative estimate of drug-likeness (QED) is 0.849. The third-order valence-corrected chi connectivity index (χ3v) is 3.67. The van der Waals surface area contributed by atoms with Gasteiger partial charge in [-0.2, -0.15) is 0 Å². The molecule has 3 rings (SSSR count). The van der Waals surface area contributed by atoms with Crippen molar-refractivity contribution in [3.63, 3.8) is 0 Å². The van der Waals surface area contributed by atoms with Gasteiger partial charge in [0.05, 0.1) is 17.5 Å². The smallest absolute Gasteiger partial charge is 0.303 e. The van der Waals surface area contributed by atoms with Crippen molar-refractivity contribution < 1.29 is 14.7 Å². The predicted molar refractivity (Wildman–Crippen MR) is 73.9 cm³/mol. The Morgan fingerprint density at radius 2 is 2.10 bits per heavy atom. The molecule has 0 radical (unpaired) electrons. The number of rotatable bonds is 5. The van der Waals surface area contributed by atoms with Crippen LogP contribution >= 0.6 is 0 Å². The van der Waals surface area contributed by atoms with E-state index < -0.39 is 5.97 Å². The van der Waals surface area contributed by atoms with E-state index in [1.54, 1.807) is 12.1 Å². The van der Waals surface area contributed by atoms with Gasteiger partial charge in [0.2, 0.25) is 0 Å². The molecule has 0 amide bonds. The summed E-state index contributed by atoms with van der Waals surface area (Å²) in [5.74, 6) is -0.126. The van der Waals surface area contributed by atoms with Crippen molar-refractivity contribution in [2.75, 3.05) is 0 Å². The second-order valence-corrected chi connectivity index (χ2v) is 5.28. The number of imidazole rings is 1. The Morgan fingerprint density at radius 3 is 2.75 bits per heavy atom. The Morgan fingerprint density at radius 1 is 1.35 bits per heavy atom. The highest BCUT2D eigenvalue weighted by atomic mass is 16.4. The number of aryl methyl sites for hydroxylation is 1. The lowest BCUT2D eigenvalue weighted by atomic mass is 10.1. The fraction of sp³-hybridized carbons (Fsp3) is 0.400. The van der Waals surface area contributed by atoms with E-state index >= 15 is 0 Å². The number of aromatic nitrogens is 2. The molecule has 5 heteroatoms. The van der Waals surface area contributed by atoms with Gasteiger partial charge in [-0.1, -0.05) is 0 Å². The summed E-state index contributed by atoms with van der Waals surface area (Å²) in [7, 11) is 0. The van der Waals surface area contributed by atoms with Crippen molar-refractivity contribution in [2.24, 2.45) is 0 Å². The topological polar surface area (TPSA) is 72.2 Å². The molecule has 1 saturated carbocycles. The van der Waals surface area contributed by atoms with Gasteiger partial charge in [-0.05, 0) is 38.0 Å². The first-order valence-electron chi connectivity index (χ1n) is 6.80. The lowest BCUT2D eigenvalue weighted by Crippen LogP contribution is -2.03. The average molecular weight is 272 g/mol. The molecule has 1 heterocycles. The van der Waals surface area contributed by atoms with Crippen LogP contribution in [0.3, 0.4) is 0 Å². The van der Waals surface area contributed by atoms with Crippen LogP contribution in [0.15, 0.2) is 18.2 Å². The number of carboxylic acid groups (broad SMARTS) is 1. The lowest BCUT2D eigenvalue weighted by molar-refractivity contribution is -0.136. The molecule has 0 bridgehead atoms. The third kappa shape index (κ3) is 2.31. The maximum atomic E-state index is 11.9. The van der Waals surface area contributed by atoms with Gasteiger partial charge in [-0.15, -0.1) is 0 Å². The Labute approximate surface area is 116 Å². The number of hydrogen-bond donors (Lipinski definition) is 1. The summed E-state index contributed by atoms with van der Waals surface area (Å²) in [6.45, 7) is 1.98. The zero-order chi connectivity index (χ0) is 14.3. The monoisotopic (exact) mass is 272 g/mol. The maximum Gasteiger partial charge on any atom is 0.303 e. The van der Waals surface area contributed by atoms with Gasteiger partial charge in [-0.3, -0.25) is 9.59 Å². The molecule has 0 spiro atoms. The highest BCUT2D eigenvalue weighted by Gasteiger charge is 2.27. The number of aliphatic carboxylic acids is 1. The molecular formula is C15H16N2O3. The SMILES string of the molecule is Cc1nc2cc(C(=O)CCC(=O)O)ccc2n1C1CC1. The number of Topliss-reactive ketones (excluding diaryl/α,β-unsaturated/α-hetero) is 1. The van der Waals surface area contributed by atoms with Gasteiger partial charge in [-0.25, -0.2) is 4.98 Å². The molecule has 5 nitrogen and oxygen atoms in total. The molecule has 1 fully saturated rings. The van der Waals surface area contributed by atoms with Gasteiger partial charge in [0.25, 0.3) is 0 Å². The lowest BCUT2D eigenvalue weighted by Gasteiger charge is -2.04. The van der Waals surface area contributed by atoms with Crippen LogP contribution in [-0.2, 0) is 4.79 Å². The molecule has 2 aromatic rings. The first-order chi connectivity index (χ1) is 9.56. The van der Waals surface area contributed by atoms with Crippen LogP contribution in [0.25, 0.3) is 11.0 Å². The van der Waals surface area contributed by atoms with Crippen LogP contribution in [-0.4, -0.2) is 26.4 Å². The van der Waals surface area contributed by atoms with Gasteiger partial charge >= 0.3 is 5.97 Å². The predicted octanol–water partition coefficient (Wildman–Crippen LogP) is 2.73. The summed E-state index contributed by atoms with van der Waals surface area (Å²) in [6.07, 6.45) is 2.27. The Bertz CT molecular complexity index is 698. The zero-order valence-corrected chi connectivity index (χ0v) is 11.3. The molecule has 104 valence electrons. The van der Waals surface area contributed by atoms with Crippen molar-refractivity contribution in [2.45, 2.75) is 38.6 Å². The summed E-state index contributed by atoms with van der Waals surface area (Å²) in [5, 5.41) is 8.62. The van der Waals surface area contributed by atoms with E-state index in [0.717, 1.165) is 16.9 Å². The second-order valence-electron chi connectivity index (χ2n) is 5.28. The van der Waals surface area contributed by atoms with E-state index in [1.165, 1.54) is 12.8 Å². The normalized spacial score (nSPS) is 14.7. The molecule has 0 atom stereocenters. The first-order valence-corrected chi connectivity index (χ1v) is 6.80. The Balaban J connectivity index is 1.91. The van der Waals surface area contributed by atoms with Crippen molar-refractivity contribution in [1.82, 2.24) is 9.55 Å². The number of hydrogen-bond acceptors (Lipinski definition) is 3. The zero-order valence-electron chi connectivity index (χ0n) is 11.3. The second kappa shape index (κ2) is 4.74. The van der Waals surface area contributed by atoms with Gasteiger partial charge in [0.15, 0.2) is 5.78 Å². The molecule has 0 saturated heterocycles. The Hall–Kier alpha value is -2.17. The summed E-state index contributed by atoms with van der Waals surface area (Å²) in [6, 6.07) is 6.01. The average Bonchev–Trinajstić information content (AvgIpc) is 3.17. The standard InChI is InChI=1S/C15H16N2O3/c1-9-16-12-8-10(14(18)6-7-15(19)20)2-5-13(12)17(9)11-3-4-11/h2,5,8,11H,3-4,6-7H2,1H3,(H,19,20). The summed E-state index contributed by atoms with van der Waals surface area (Å²) in [5.41, 5.74) is 2.41. The van der Waals surface area contributed by atoms with Crippen LogP contribution in [0.5, 0.6) is 0 Å². The minimum atomic E-state index is -0.951. The summed E-state index contributed by atoms with van der Waals surface area (Å²) < 4.78 is 2.22. The number of nitrogens with zero attached hydrogens (tertiary/aromatic N) is 2. The van der Waals surface area contributed by atoms with Crippen molar-refractivity contribution in [3.05, 3.63) is 29.6 Å². The molecule has 1 aliphatic carbocycles. The van der Waals surface area contributed by atoms with Gasteiger partial charge in [0, 0.05) is 18.0 Å². The Kier molecular flexibility index (Phi) is 3.04. The number of carboxylic acids is 1. The highest BCUT2D eigenvalue weighted by molar-refractivity contribution is 6.00. The molecule has 1 aromatic heterocycles. The maximum absolute atomic E-state index is 11.9. The van der Waals surface area contributed by atoms with E-state index in [4.69, 9.17) is 5.11 Å². The molecule has 1 aliphatic rings. The molecule has 1 aromatic carbocycles. The van der Waals surface area contributed by atoms with Gasteiger partial charge in [0.1, 0.15) is 5.82 Å². The van der Waals surface area contributed by atoms with E-state index in [9.17, 15) is 9.59 Å². The van der Waals surface area contributed by atoms with E-state index in [0.29, 0.717) is 11.6 Å². The van der Waals surface area contributed by atoms with Gasteiger partial charge < -0.3 is 9.67 Å².